The van der Waals surface area contributed by atoms with Crippen LogP contribution >= 0.6 is 0 Å². The molecule has 0 saturated carbocycles. The predicted molar refractivity (Wildman–Crippen MR) is 57.2 cm³/mol. The van der Waals surface area contributed by atoms with Crippen LogP contribution in [0.2, 0.25) is 0 Å². The van der Waals surface area contributed by atoms with Crippen LogP contribution in [0, 0.1) is 12.3 Å². The summed E-state index contributed by atoms with van der Waals surface area (Å²) in [6, 6.07) is 7.45. The maximum atomic E-state index is 11.3. The molecule has 72 valence electrons. The molecule has 14 heavy (non-hydrogen) atoms. The molecule has 0 radical (unpaired) electrons. The summed E-state index contributed by atoms with van der Waals surface area (Å²) < 4.78 is 0. The number of benzene rings is 1. The van der Waals surface area contributed by atoms with Gasteiger partial charge in [0.1, 0.15) is 0 Å². The number of ketones is 1. The molecule has 0 aliphatic carbocycles. The third kappa shape index (κ3) is 2.45. The van der Waals surface area contributed by atoms with Gasteiger partial charge in [-0.1, -0.05) is 24.3 Å². The standard InChI is InChI=1S/C12H13NO/c1-3-12(14)11-7-5-4-6-10(11)8-9-13-2/h1,4-7,13H,8-9H2,2H3. The van der Waals surface area contributed by atoms with E-state index in [4.69, 9.17) is 6.42 Å². The van der Waals surface area contributed by atoms with Crippen LogP contribution < -0.4 is 5.32 Å². The van der Waals surface area contributed by atoms with Crippen LogP contribution in [0.1, 0.15) is 15.9 Å². The second-order valence-electron chi connectivity index (χ2n) is 2.98. The van der Waals surface area contributed by atoms with Gasteiger partial charge in [0, 0.05) is 5.56 Å². The van der Waals surface area contributed by atoms with Gasteiger partial charge in [-0.15, -0.1) is 6.42 Å². The van der Waals surface area contributed by atoms with Gasteiger partial charge in [0.15, 0.2) is 0 Å². The van der Waals surface area contributed by atoms with E-state index < -0.39 is 0 Å². The Morgan fingerprint density at radius 1 is 1.50 bits per heavy atom. The van der Waals surface area contributed by atoms with Crippen molar-refractivity contribution in [3.8, 4) is 12.3 Å². The van der Waals surface area contributed by atoms with Crippen LogP contribution in [-0.4, -0.2) is 19.4 Å². The van der Waals surface area contributed by atoms with Crippen LogP contribution in [0.15, 0.2) is 24.3 Å². The van der Waals surface area contributed by atoms with E-state index in [9.17, 15) is 4.79 Å². The molecule has 1 aromatic rings. The molecule has 0 aliphatic rings. The van der Waals surface area contributed by atoms with Crippen molar-refractivity contribution in [3.63, 3.8) is 0 Å². The van der Waals surface area contributed by atoms with Crippen molar-refractivity contribution >= 4 is 5.78 Å². The van der Waals surface area contributed by atoms with Crippen LogP contribution in [0.3, 0.4) is 0 Å². The Balaban J connectivity index is 2.92. The summed E-state index contributed by atoms with van der Waals surface area (Å²) in [5.74, 6) is 1.90. The molecule has 2 nitrogen and oxygen atoms in total. The van der Waals surface area contributed by atoms with Crippen molar-refractivity contribution < 1.29 is 4.79 Å². The van der Waals surface area contributed by atoms with E-state index in [0.29, 0.717) is 5.56 Å². The lowest BCUT2D eigenvalue weighted by Crippen LogP contribution is -2.12. The Hall–Kier alpha value is -1.59. The summed E-state index contributed by atoms with van der Waals surface area (Å²) >= 11 is 0. The molecule has 0 aliphatic heterocycles. The average molecular weight is 187 g/mol. The van der Waals surface area contributed by atoms with Crippen molar-refractivity contribution in [1.29, 1.82) is 0 Å². The topological polar surface area (TPSA) is 29.1 Å². The summed E-state index contributed by atoms with van der Waals surface area (Å²) in [6.45, 7) is 0.842. The minimum atomic E-state index is -0.239. The number of carbonyl (C=O) groups excluding carboxylic acids is 1. The first-order chi connectivity index (χ1) is 6.79. The predicted octanol–water partition coefficient (Wildman–Crippen LogP) is 1.26. The normalized spacial score (nSPS) is 9.43. The smallest absolute Gasteiger partial charge is 0.235 e. The highest BCUT2D eigenvalue weighted by Gasteiger charge is 2.06. The molecule has 1 N–H and O–H groups in total. The molecular weight excluding hydrogens is 174 g/mol. The third-order valence-corrected chi connectivity index (χ3v) is 2.04. The molecule has 0 aromatic heterocycles. The van der Waals surface area contributed by atoms with Gasteiger partial charge in [-0.3, -0.25) is 4.79 Å². The number of rotatable bonds is 4. The molecule has 0 bridgehead atoms. The molecule has 0 unspecified atom stereocenters. The molecule has 1 rings (SSSR count). The van der Waals surface area contributed by atoms with Gasteiger partial charge in [0.05, 0.1) is 0 Å². The number of Topliss-reactive ketones (excluding diaryl/α,β-unsaturated/α-hetero) is 1. The number of hydrogen-bond donors (Lipinski definition) is 1. The molecule has 2 heteroatoms. The van der Waals surface area contributed by atoms with E-state index in [2.05, 4.69) is 11.2 Å². The van der Waals surface area contributed by atoms with Gasteiger partial charge in [-0.25, -0.2) is 0 Å². The lowest BCUT2D eigenvalue weighted by molar-refractivity contribution is 0.105. The fourth-order valence-electron chi connectivity index (χ4n) is 1.30. The molecular formula is C12H13NO. The second-order valence-corrected chi connectivity index (χ2v) is 2.98. The highest BCUT2D eigenvalue weighted by Crippen LogP contribution is 2.09. The Kier molecular flexibility index (Phi) is 3.90. The monoisotopic (exact) mass is 187 g/mol. The van der Waals surface area contributed by atoms with Gasteiger partial charge < -0.3 is 5.32 Å². The zero-order valence-corrected chi connectivity index (χ0v) is 8.21. The minimum Gasteiger partial charge on any atom is -0.319 e. The van der Waals surface area contributed by atoms with Crippen LogP contribution in [0.4, 0.5) is 0 Å². The average Bonchev–Trinajstić information content (AvgIpc) is 2.25. The molecule has 0 amide bonds. The van der Waals surface area contributed by atoms with Gasteiger partial charge >= 0.3 is 0 Å². The van der Waals surface area contributed by atoms with Gasteiger partial charge in [-0.2, -0.15) is 0 Å². The second kappa shape index (κ2) is 5.21. The van der Waals surface area contributed by atoms with Gasteiger partial charge in [0.2, 0.25) is 5.78 Å². The molecule has 0 heterocycles. The van der Waals surface area contributed by atoms with Gasteiger partial charge in [0.25, 0.3) is 0 Å². The fraction of sp³-hybridized carbons (Fsp3) is 0.250. The van der Waals surface area contributed by atoms with Crippen LogP contribution in [0.25, 0.3) is 0 Å². The van der Waals surface area contributed by atoms with Crippen molar-refractivity contribution in [2.45, 2.75) is 6.42 Å². The summed E-state index contributed by atoms with van der Waals surface area (Å²) in [6.07, 6.45) is 5.91. The molecule has 0 fully saturated rings. The first kappa shape index (κ1) is 10.5. The lowest BCUT2D eigenvalue weighted by atomic mass is 10.0. The van der Waals surface area contributed by atoms with Crippen molar-refractivity contribution in [3.05, 3.63) is 35.4 Å². The van der Waals surface area contributed by atoms with E-state index in [-0.39, 0.29) is 5.78 Å². The maximum Gasteiger partial charge on any atom is 0.235 e. The first-order valence-corrected chi connectivity index (χ1v) is 4.53. The summed E-state index contributed by atoms with van der Waals surface area (Å²) in [5.41, 5.74) is 1.65. The van der Waals surface area contributed by atoms with Gasteiger partial charge in [-0.05, 0) is 31.5 Å². The van der Waals surface area contributed by atoms with Crippen LogP contribution in [0.5, 0.6) is 0 Å². The summed E-state index contributed by atoms with van der Waals surface area (Å²) in [7, 11) is 1.88. The van der Waals surface area contributed by atoms with E-state index in [1.165, 1.54) is 0 Å². The van der Waals surface area contributed by atoms with Crippen molar-refractivity contribution in [2.24, 2.45) is 0 Å². The van der Waals surface area contributed by atoms with E-state index in [0.717, 1.165) is 18.5 Å². The van der Waals surface area contributed by atoms with Crippen LogP contribution in [-0.2, 0) is 6.42 Å². The Morgan fingerprint density at radius 3 is 2.86 bits per heavy atom. The number of likely N-dealkylation sites (N-methyl/N-ethyl adjacent to an activating group) is 1. The number of nitrogens with one attached hydrogen (secondary N) is 1. The Morgan fingerprint density at radius 2 is 2.21 bits per heavy atom. The van der Waals surface area contributed by atoms with E-state index in [1.807, 2.05) is 25.2 Å². The molecule has 0 atom stereocenters. The first-order valence-electron chi connectivity index (χ1n) is 4.53. The number of carbonyl (C=O) groups is 1. The fourth-order valence-corrected chi connectivity index (χ4v) is 1.30. The highest BCUT2D eigenvalue weighted by atomic mass is 16.1. The van der Waals surface area contributed by atoms with E-state index in [1.54, 1.807) is 6.07 Å². The number of hydrogen-bond acceptors (Lipinski definition) is 2. The Labute approximate surface area is 84.3 Å². The summed E-state index contributed by atoms with van der Waals surface area (Å²) in [4.78, 5) is 11.3. The highest BCUT2D eigenvalue weighted by molar-refractivity contribution is 6.09. The molecule has 0 saturated heterocycles. The SMILES string of the molecule is C#CC(=O)c1ccccc1CCNC. The molecule has 0 spiro atoms. The summed E-state index contributed by atoms with van der Waals surface area (Å²) in [5, 5.41) is 3.04. The van der Waals surface area contributed by atoms with Crippen molar-refractivity contribution in [1.82, 2.24) is 5.32 Å². The largest absolute Gasteiger partial charge is 0.319 e. The minimum absolute atomic E-state index is 0.239. The maximum absolute atomic E-state index is 11.3. The van der Waals surface area contributed by atoms with Crippen molar-refractivity contribution in [2.75, 3.05) is 13.6 Å². The zero-order chi connectivity index (χ0) is 10.4. The lowest BCUT2D eigenvalue weighted by Gasteiger charge is -2.04. The number of terminal acetylenes is 1. The zero-order valence-electron chi connectivity index (χ0n) is 8.21. The Bertz CT molecular complexity index is 363. The molecule has 1 aromatic carbocycles. The van der Waals surface area contributed by atoms with E-state index >= 15 is 0 Å². The quantitative estimate of drug-likeness (QED) is 0.437. The third-order valence-electron chi connectivity index (χ3n) is 2.04.